The summed E-state index contributed by atoms with van der Waals surface area (Å²) in [6, 6.07) is 46.7. The summed E-state index contributed by atoms with van der Waals surface area (Å²) >= 11 is 0. The molecule has 10 rings (SSSR count). The second-order valence-corrected chi connectivity index (χ2v) is 13.4. The minimum absolute atomic E-state index is 0.163. The molecule has 1 aliphatic carbocycles. The van der Waals surface area contributed by atoms with E-state index in [1.54, 1.807) is 0 Å². The number of hydrogen-bond donors (Lipinski definition) is 0. The molecule has 0 atom stereocenters. The lowest BCUT2D eigenvalue weighted by Gasteiger charge is -2.21. The summed E-state index contributed by atoms with van der Waals surface area (Å²) < 4.78 is 12.2. The maximum atomic E-state index is 6.11. The Balaban J connectivity index is 1.12. The fourth-order valence-corrected chi connectivity index (χ4v) is 7.15. The zero-order chi connectivity index (χ0) is 34.1. The fraction of sp³-hybridized carbons (Fsp3) is 0.0682. The third-order valence-corrected chi connectivity index (χ3v) is 9.81. The van der Waals surface area contributed by atoms with Gasteiger partial charge >= 0.3 is 0 Å². The molecule has 0 saturated carbocycles. The molecule has 0 amide bonds. The normalized spacial score (nSPS) is 13.1. The van der Waals surface area contributed by atoms with E-state index in [1.807, 2.05) is 97.1 Å². The van der Waals surface area contributed by atoms with Gasteiger partial charge in [-0.25, -0.2) is 24.9 Å². The Morgan fingerprint density at radius 3 is 1.39 bits per heavy atom. The first-order chi connectivity index (χ1) is 25.0. The van der Waals surface area contributed by atoms with Crippen LogP contribution in [0.4, 0.5) is 0 Å². The second kappa shape index (κ2) is 11.1. The highest BCUT2D eigenvalue weighted by Crippen LogP contribution is 2.49. The molecule has 3 heterocycles. The molecule has 51 heavy (non-hydrogen) atoms. The standard InChI is InChI=1S/C44H29N5O2/c1-44(2)33-16-10-9-15-31(33)32-20-17-28(23-34(32)44)39-47-40(29-18-21-37-35(24-29)45-42(50-37)26-11-5-3-6-12-26)49-41(48-39)30-19-22-38-36(25-30)46-43(51-38)27-13-7-4-8-14-27/h3-25H,1-2H3. The predicted molar refractivity (Wildman–Crippen MR) is 200 cm³/mol. The van der Waals surface area contributed by atoms with Crippen molar-refractivity contribution in [2.75, 3.05) is 0 Å². The van der Waals surface area contributed by atoms with Crippen LogP contribution < -0.4 is 0 Å². The zero-order valence-electron chi connectivity index (χ0n) is 27.8. The van der Waals surface area contributed by atoms with Crippen LogP contribution in [0.25, 0.3) is 90.4 Å². The smallest absolute Gasteiger partial charge is 0.227 e. The van der Waals surface area contributed by atoms with Gasteiger partial charge < -0.3 is 8.83 Å². The molecule has 242 valence electrons. The van der Waals surface area contributed by atoms with Gasteiger partial charge in [0.2, 0.25) is 11.8 Å². The first-order valence-corrected chi connectivity index (χ1v) is 16.9. The summed E-state index contributed by atoms with van der Waals surface area (Å²) in [7, 11) is 0. The number of fused-ring (bicyclic) bond motifs is 5. The third-order valence-electron chi connectivity index (χ3n) is 9.81. The quantitative estimate of drug-likeness (QED) is 0.182. The summed E-state index contributed by atoms with van der Waals surface area (Å²) in [5, 5.41) is 0. The Bertz CT molecular complexity index is 2650. The van der Waals surface area contributed by atoms with Crippen LogP contribution in [-0.2, 0) is 5.41 Å². The molecule has 0 aliphatic heterocycles. The highest BCUT2D eigenvalue weighted by molar-refractivity contribution is 5.85. The van der Waals surface area contributed by atoms with E-state index in [-0.39, 0.29) is 5.41 Å². The Kier molecular flexibility index (Phi) is 6.39. The van der Waals surface area contributed by atoms with E-state index in [9.17, 15) is 0 Å². The minimum Gasteiger partial charge on any atom is -0.436 e. The molecule has 0 bridgehead atoms. The minimum atomic E-state index is -0.163. The third kappa shape index (κ3) is 4.85. The molecule has 1 aliphatic rings. The molecule has 7 heteroatoms. The van der Waals surface area contributed by atoms with Crippen LogP contribution in [0.15, 0.2) is 148 Å². The van der Waals surface area contributed by atoms with Crippen LogP contribution in [0.1, 0.15) is 25.0 Å². The molecule has 0 fully saturated rings. The van der Waals surface area contributed by atoms with E-state index < -0.39 is 0 Å². The van der Waals surface area contributed by atoms with Crippen molar-refractivity contribution in [1.29, 1.82) is 0 Å². The van der Waals surface area contributed by atoms with Crippen LogP contribution in [0.2, 0.25) is 0 Å². The topological polar surface area (TPSA) is 90.7 Å². The van der Waals surface area contributed by atoms with Gasteiger partial charge in [-0.05, 0) is 89.0 Å². The van der Waals surface area contributed by atoms with Gasteiger partial charge in [0.05, 0.1) is 0 Å². The molecule has 0 spiro atoms. The summed E-state index contributed by atoms with van der Waals surface area (Å²) in [5.74, 6) is 2.79. The number of rotatable bonds is 5. The SMILES string of the molecule is CC1(C)c2ccccc2-c2ccc(-c3nc(-c4ccc5oc(-c6ccccc6)nc5c4)nc(-c4ccc5oc(-c6ccccc6)nc5c4)n3)cc21. The maximum Gasteiger partial charge on any atom is 0.227 e. The highest BCUT2D eigenvalue weighted by atomic mass is 16.4. The number of nitrogens with zero attached hydrogens (tertiary/aromatic N) is 5. The fourth-order valence-electron chi connectivity index (χ4n) is 7.15. The Morgan fingerprint density at radius 1 is 0.392 bits per heavy atom. The first-order valence-electron chi connectivity index (χ1n) is 16.9. The molecule has 0 unspecified atom stereocenters. The number of oxazole rings is 2. The molecule has 0 saturated heterocycles. The lowest BCUT2D eigenvalue weighted by atomic mass is 9.82. The van der Waals surface area contributed by atoms with Crippen molar-refractivity contribution in [3.8, 4) is 68.2 Å². The van der Waals surface area contributed by atoms with E-state index in [2.05, 4.69) is 56.3 Å². The largest absolute Gasteiger partial charge is 0.436 e. The van der Waals surface area contributed by atoms with Crippen LogP contribution >= 0.6 is 0 Å². The van der Waals surface area contributed by atoms with Gasteiger partial charge in [-0.1, -0.05) is 86.6 Å². The van der Waals surface area contributed by atoms with Crippen molar-refractivity contribution in [3.63, 3.8) is 0 Å². The summed E-state index contributed by atoms with van der Waals surface area (Å²) in [4.78, 5) is 24.8. The maximum absolute atomic E-state index is 6.11. The highest BCUT2D eigenvalue weighted by Gasteiger charge is 2.35. The molecule has 0 radical (unpaired) electrons. The summed E-state index contributed by atoms with van der Waals surface area (Å²) in [6.07, 6.45) is 0. The van der Waals surface area contributed by atoms with Crippen molar-refractivity contribution in [2.45, 2.75) is 19.3 Å². The van der Waals surface area contributed by atoms with Gasteiger partial charge in [0, 0.05) is 33.2 Å². The summed E-state index contributed by atoms with van der Waals surface area (Å²) in [5.41, 5.74) is 12.1. The molecule has 3 aromatic heterocycles. The first kappa shape index (κ1) is 29.2. The van der Waals surface area contributed by atoms with Gasteiger partial charge in [-0.3, -0.25) is 0 Å². The average molecular weight is 660 g/mol. The van der Waals surface area contributed by atoms with Crippen molar-refractivity contribution in [3.05, 3.63) is 151 Å². The monoisotopic (exact) mass is 659 g/mol. The van der Waals surface area contributed by atoms with E-state index in [4.69, 9.17) is 33.8 Å². The molecular formula is C44H29N5O2. The van der Waals surface area contributed by atoms with E-state index in [0.717, 1.165) is 38.9 Å². The second-order valence-electron chi connectivity index (χ2n) is 13.4. The van der Waals surface area contributed by atoms with Crippen molar-refractivity contribution >= 4 is 22.2 Å². The average Bonchev–Trinajstić information content (AvgIpc) is 3.88. The molecule has 9 aromatic rings. The van der Waals surface area contributed by atoms with Gasteiger partial charge in [0.1, 0.15) is 11.0 Å². The molecule has 6 aromatic carbocycles. The van der Waals surface area contributed by atoms with Crippen molar-refractivity contribution < 1.29 is 8.83 Å². The Hall–Kier alpha value is -6.73. The molecule has 0 N–H and O–H groups in total. The van der Waals surface area contributed by atoms with Crippen LogP contribution in [0.3, 0.4) is 0 Å². The van der Waals surface area contributed by atoms with E-state index in [1.165, 1.54) is 22.3 Å². The van der Waals surface area contributed by atoms with Gasteiger partial charge in [0.15, 0.2) is 28.6 Å². The van der Waals surface area contributed by atoms with Gasteiger partial charge in [0.25, 0.3) is 0 Å². The zero-order valence-corrected chi connectivity index (χ0v) is 27.8. The van der Waals surface area contributed by atoms with Crippen LogP contribution in [-0.4, -0.2) is 24.9 Å². The predicted octanol–water partition coefficient (Wildman–Crippen LogP) is 10.8. The van der Waals surface area contributed by atoms with E-state index in [0.29, 0.717) is 40.4 Å². The molecule has 7 nitrogen and oxygen atoms in total. The van der Waals surface area contributed by atoms with Gasteiger partial charge in [-0.15, -0.1) is 0 Å². The van der Waals surface area contributed by atoms with E-state index >= 15 is 0 Å². The van der Waals surface area contributed by atoms with Crippen molar-refractivity contribution in [1.82, 2.24) is 24.9 Å². The Morgan fingerprint density at radius 2 is 0.843 bits per heavy atom. The Labute approximate surface area is 293 Å². The number of benzene rings is 6. The van der Waals surface area contributed by atoms with Crippen LogP contribution in [0.5, 0.6) is 0 Å². The molecular weight excluding hydrogens is 631 g/mol. The lowest BCUT2D eigenvalue weighted by Crippen LogP contribution is -2.15. The van der Waals surface area contributed by atoms with Crippen LogP contribution in [0, 0.1) is 0 Å². The van der Waals surface area contributed by atoms with Crippen molar-refractivity contribution in [2.24, 2.45) is 0 Å². The lowest BCUT2D eigenvalue weighted by molar-refractivity contribution is 0.619. The summed E-state index contributed by atoms with van der Waals surface area (Å²) in [6.45, 7) is 4.55. The number of aromatic nitrogens is 5. The van der Waals surface area contributed by atoms with Gasteiger partial charge in [-0.2, -0.15) is 0 Å². The number of hydrogen-bond acceptors (Lipinski definition) is 7.